The third kappa shape index (κ3) is 2.26. The molecule has 2 heterocycles. The second-order valence-electron chi connectivity index (χ2n) is 7.06. The van der Waals surface area contributed by atoms with Gasteiger partial charge < -0.3 is 0 Å². The molecule has 22 heavy (non-hydrogen) atoms. The predicted molar refractivity (Wildman–Crippen MR) is 75.4 cm³/mol. The summed E-state index contributed by atoms with van der Waals surface area (Å²) in [4.78, 5) is 13.7. The molecule has 1 fully saturated rings. The molecule has 122 valence electrons. The van der Waals surface area contributed by atoms with Crippen LogP contribution in [0.25, 0.3) is 0 Å². The number of hydrogen-bond donors (Lipinski definition) is 1. The zero-order valence-corrected chi connectivity index (χ0v) is 12.9. The molecule has 0 saturated carbocycles. The number of aromatic amines is 1. The smallest absolute Gasteiger partial charge is 0.293 e. The molecular formula is C15H20F3N3O. The van der Waals surface area contributed by atoms with E-state index in [1.54, 1.807) is 0 Å². The van der Waals surface area contributed by atoms with Crippen LogP contribution < -0.4 is 5.56 Å². The van der Waals surface area contributed by atoms with Crippen LogP contribution in [0.1, 0.15) is 50.1 Å². The van der Waals surface area contributed by atoms with Gasteiger partial charge in [-0.3, -0.25) is 9.69 Å². The van der Waals surface area contributed by atoms with Crippen LogP contribution in [-0.2, 0) is 12.6 Å². The van der Waals surface area contributed by atoms with Crippen LogP contribution in [0.2, 0.25) is 0 Å². The average Bonchev–Trinajstić information content (AvgIpc) is 2.75. The van der Waals surface area contributed by atoms with E-state index in [0.29, 0.717) is 18.0 Å². The maximum absolute atomic E-state index is 13.1. The summed E-state index contributed by atoms with van der Waals surface area (Å²) in [5, 5.41) is 5.96. The fourth-order valence-corrected chi connectivity index (χ4v) is 3.57. The topological polar surface area (TPSA) is 49.0 Å². The van der Waals surface area contributed by atoms with Gasteiger partial charge in [-0.15, -0.1) is 0 Å². The lowest BCUT2D eigenvalue weighted by Gasteiger charge is -2.53. The van der Waals surface area contributed by atoms with E-state index in [-0.39, 0.29) is 23.4 Å². The Morgan fingerprint density at radius 1 is 1.36 bits per heavy atom. The molecule has 4 nitrogen and oxygen atoms in total. The van der Waals surface area contributed by atoms with E-state index in [1.807, 2.05) is 5.10 Å². The SMILES string of the molecule is CC(C)C1(C)CN(C2CCc3c2n[nH]c(=O)c3C(F)(F)F)C1. The van der Waals surface area contributed by atoms with E-state index < -0.39 is 17.3 Å². The van der Waals surface area contributed by atoms with Crippen molar-refractivity contribution >= 4 is 0 Å². The van der Waals surface area contributed by atoms with Gasteiger partial charge in [0, 0.05) is 13.1 Å². The molecule has 7 heteroatoms. The van der Waals surface area contributed by atoms with E-state index >= 15 is 0 Å². The number of alkyl halides is 3. The van der Waals surface area contributed by atoms with E-state index in [0.717, 1.165) is 13.1 Å². The van der Waals surface area contributed by atoms with Crippen LogP contribution in [0, 0.1) is 11.3 Å². The monoisotopic (exact) mass is 315 g/mol. The highest BCUT2D eigenvalue weighted by Crippen LogP contribution is 2.46. The summed E-state index contributed by atoms with van der Waals surface area (Å²) < 4.78 is 39.3. The van der Waals surface area contributed by atoms with Crippen molar-refractivity contribution in [2.75, 3.05) is 13.1 Å². The molecule has 0 bridgehead atoms. The maximum atomic E-state index is 13.1. The Balaban J connectivity index is 1.90. The van der Waals surface area contributed by atoms with Crippen LogP contribution in [0.5, 0.6) is 0 Å². The second kappa shape index (κ2) is 4.81. The molecule has 1 atom stereocenters. The molecule has 1 saturated heterocycles. The predicted octanol–water partition coefficient (Wildman–Crippen LogP) is 2.75. The van der Waals surface area contributed by atoms with Crippen molar-refractivity contribution in [2.45, 2.75) is 45.8 Å². The van der Waals surface area contributed by atoms with Gasteiger partial charge in [0.2, 0.25) is 0 Å². The van der Waals surface area contributed by atoms with E-state index in [1.165, 1.54) is 0 Å². The first kappa shape index (κ1) is 15.5. The van der Waals surface area contributed by atoms with Crippen LogP contribution in [-0.4, -0.2) is 28.2 Å². The fraction of sp³-hybridized carbons (Fsp3) is 0.733. The van der Waals surface area contributed by atoms with Gasteiger partial charge in [0.1, 0.15) is 5.56 Å². The van der Waals surface area contributed by atoms with Gasteiger partial charge in [0.25, 0.3) is 5.56 Å². The highest BCUT2D eigenvalue weighted by Gasteiger charge is 2.48. The first-order chi connectivity index (χ1) is 10.1. The summed E-state index contributed by atoms with van der Waals surface area (Å²) in [6.07, 6.45) is -3.77. The molecule has 0 spiro atoms. The van der Waals surface area contributed by atoms with Gasteiger partial charge in [0.15, 0.2) is 0 Å². The molecule has 2 aliphatic rings. The number of rotatable bonds is 2. The standard InChI is InChI=1S/C15H20F3N3O/c1-8(2)14(3)6-21(7-14)10-5-4-9-11(15(16,17)18)13(22)20-19-12(9)10/h8,10H,4-7H2,1-3H3,(H,20,22). The third-order valence-electron chi connectivity index (χ3n) is 5.35. The van der Waals surface area contributed by atoms with Gasteiger partial charge in [-0.2, -0.15) is 18.3 Å². The third-order valence-corrected chi connectivity index (χ3v) is 5.35. The van der Waals surface area contributed by atoms with Crippen LogP contribution >= 0.6 is 0 Å². The number of hydrogen-bond acceptors (Lipinski definition) is 3. The number of nitrogens with zero attached hydrogens (tertiary/aromatic N) is 2. The first-order valence-corrected chi connectivity index (χ1v) is 7.56. The average molecular weight is 315 g/mol. The molecule has 1 aliphatic carbocycles. The second-order valence-corrected chi connectivity index (χ2v) is 7.06. The Morgan fingerprint density at radius 2 is 2.00 bits per heavy atom. The van der Waals surface area contributed by atoms with E-state index in [9.17, 15) is 18.0 Å². The molecule has 0 aromatic carbocycles. The van der Waals surface area contributed by atoms with Gasteiger partial charge >= 0.3 is 6.18 Å². The van der Waals surface area contributed by atoms with Crippen molar-refractivity contribution in [3.63, 3.8) is 0 Å². The van der Waals surface area contributed by atoms with Crippen molar-refractivity contribution in [2.24, 2.45) is 11.3 Å². The van der Waals surface area contributed by atoms with Crippen LogP contribution in [0.4, 0.5) is 13.2 Å². The van der Waals surface area contributed by atoms with Crippen molar-refractivity contribution in [3.05, 3.63) is 27.2 Å². The molecule has 1 N–H and O–H groups in total. The van der Waals surface area contributed by atoms with E-state index in [2.05, 4.69) is 30.8 Å². The largest absolute Gasteiger partial charge is 0.422 e. The number of halogens is 3. The summed E-state index contributed by atoms with van der Waals surface area (Å²) in [5.41, 5.74) is -1.51. The maximum Gasteiger partial charge on any atom is 0.422 e. The Bertz CT molecular complexity index is 644. The number of fused-ring (bicyclic) bond motifs is 1. The number of aromatic nitrogens is 2. The number of H-pyrrole nitrogens is 1. The summed E-state index contributed by atoms with van der Waals surface area (Å²) in [6.45, 7) is 8.24. The van der Waals surface area contributed by atoms with Crippen molar-refractivity contribution in [1.82, 2.24) is 15.1 Å². The highest BCUT2D eigenvalue weighted by atomic mass is 19.4. The molecular weight excluding hydrogens is 295 g/mol. The summed E-state index contributed by atoms with van der Waals surface area (Å²) in [5.74, 6) is 0.527. The molecule has 1 aromatic rings. The zero-order valence-electron chi connectivity index (χ0n) is 12.9. The van der Waals surface area contributed by atoms with Crippen molar-refractivity contribution < 1.29 is 13.2 Å². The first-order valence-electron chi connectivity index (χ1n) is 7.56. The molecule has 0 amide bonds. The molecule has 1 aliphatic heterocycles. The normalized spacial score (nSPS) is 24.4. The number of nitrogens with one attached hydrogen (secondary N) is 1. The lowest BCUT2D eigenvalue weighted by Crippen LogP contribution is -2.57. The highest BCUT2D eigenvalue weighted by molar-refractivity contribution is 5.36. The summed E-state index contributed by atoms with van der Waals surface area (Å²) in [6, 6.07) is -0.111. The lowest BCUT2D eigenvalue weighted by molar-refractivity contribution is -0.139. The van der Waals surface area contributed by atoms with Gasteiger partial charge in [-0.05, 0) is 29.7 Å². The molecule has 1 aromatic heterocycles. The zero-order chi connectivity index (χ0) is 16.3. The van der Waals surface area contributed by atoms with Crippen molar-refractivity contribution in [3.8, 4) is 0 Å². The minimum absolute atomic E-state index is 0.0828. The van der Waals surface area contributed by atoms with Gasteiger partial charge in [-0.25, -0.2) is 5.10 Å². The Hall–Kier alpha value is -1.37. The van der Waals surface area contributed by atoms with Gasteiger partial charge in [-0.1, -0.05) is 20.8 Å². The molecule has 3 rings (SSSR count). The van der Waals surface area contributed by atoms with Crippen LogP contribution in [0.3, 0.4) is 0 Å². The van der Waals surface area contributed by atoms with Gasteiger partial charge in [0.05, 0.1) is 11.7 Å². The fourth-order valence-electron chi connectivity index (χ4n) is 3.57. The lowest BCUT2D eigenvalue weighted by atomic mass is 9.72. The summed E-state index contributed by atoms with van der Waals surface area (Å²) >= 11 is 0. The van der Waals surface area contributed by atoms with Crippen molar-refractivity contribution in [1.29, 1.82) is 0 Å². The van der Waals surface area contributed by atoms with Crippen LogP contribution in [0.15, 0.2) is 4.79 Å². The Labute approximate surface area is 126 Å². The number of likely N-dealkylation sites (tertiary alicyclic amines) is 1. The minimum atomic E-state index is -4.63. The Morgan fingerprint density at radius 3 is 2.55 bits per heavy atom. The minimum Gasteiger partial charge on any atom is -0.293 e. The Kier molecular flexibility index (Phi) is 3.39. The quantitative estimate of drug-likeness (QED) is 0.913. The van der Waals surface area contributed by atoms with E-state index in [4.69, 9.17) is 0 Å². The molecule has 1 unspecified atom stereocenters. The molecule has 0 radical (unpaired) electrons. The summed E-state index contributed by atoms with van der Waals surface area (Å²) in [7, 11) is 0.